The Bertz CT molecular complexity index is 352. The lowest BCUT2D eigenvalue weighted by Crippen LogP contribution is -2.41. The first-order valence-corrected chi connectivity index (χ1v) is 7.16. The Hall–Kier alpha value is -1.30. The van der Waals surface area contributed by atoms with Gasteiger partial charge in [-0.25, -0.2) is 4.79 Å². The number of carbonyl (C=O) groups excluding carboxylic acids is 2. The first-order chi connectivity index (χ1) is 9.26. The van der Waals surface area contributed by atoms with Gasteiger partial charge in [-0.15, -0.1) is 0 Å². The first kappa shape index (κ1) is 16.8. The fourth-order valence-corrected chi connectivity index (χ4v) is 2.33. The number of carbonyl (C=O) groups is 2. The maximum atomic E-state index is 11.9. The number of alkyl carbamates (subject to hydrolysis) is 1. The SMILES string of the molecule is CCCC(=O)N1C[C@H](NC(=O)OC(C)(C)C)C[C@H]1CO. The highest BCUT2D eigenvalue weighted by Gasteiger charge is 2.35. The molecule has 0 unspecified atom stereocenters. The summed E-state index contributed by atoms with van der Waals surface area (Å²) in [7, 11) is 0. The summed E-state index contributed by atoms with van der Waals surface area (Å²) in [6.45, 7) is 7.70. The fourth-order valence-electron chi connectivity index (χ4n) is 2.33. The Balaban J connectivity index is 2.54. The molecule has 1 saturated heterocycles. The monoisotopic (exact) mass is 286 g/mol. The molecule has 6 heteroatoms. The second-order valence-corrected chi connectivity index (χ2v) is 6.21. The van der Waals surface area contributed by atoms with Crippen molar-refractivity contribution in [3.8, 4) is 0 Å². The summed E-state index contributed by atoms with van der Waals surface area (Å²) in [5.41, 5.74) is -0.545. The summed E-state index contributed by atoms with van der Waals surface area (Å²) in [6.07, 6.45) is 1.32. The number of nitrogens with zero attached hydrogens (tertiary/aromatic N) is 1. The van der Waals surface area contributed by atoms with E-state index in [0.717, 1.165) is 6.42 Å². The van der Waals surface area contributed by atoms with Gasteiger partial charge < -0.3 is 20.1 Å². The molecule has 1 aliphatic rings. The van der Waals surface area contributed by atoms with Crippen molar-refractivity contribution < 1.29 is 19.4 Å². The molecule has 0 aromatic heterocycles. The molecule has 1 heterocycles. The molecule has 0 radical (unpaired) electrons. The van der Waals surface area contributed by atoms with E-state index in [4.69, 9.17) is 4.74 Å². The van der Waals surface area contributed by atoms with Crippen molar-refractivity contribution in [3.05, 3.63) is 0 Å². The molecule has 116 valence electrons. The van der Waals surface area contributed by atoms with Crippen molar-refractivity contribution >= 4 is 12.0 Å². The van der Waals surface area contributed by atoms with E-state index in [1.54, 1.807) is 25.7 Å². The largest absolute Gasteiger partial charge is 0.444 e. The zero-order valence-corrected chi connectivity index (χ0v) is 12.8. The van der Waals surface area contributed by atoms with Crippen LogP contribution in [0.25, 0.3) is 0 Å². The Morgan fingerprint density at radius 1 is 1.40 bits per heavy atom. The van der Waals surface area contributed by atoms with Gasteiger partial charge in [0.1, 0.15) is 5.60 Å². The Morgan fingerprint density at radius 3 is 2.55 bits per heavy atom. The molecule has 0 aromatic rings. The van der Waals surface area contributed by atoms with Crippen molar-refractivity contribution in [2.75, 3.05) is 13.2 Å². The molecule has 2 atom stereocenters. The number of nitrogens with one attached hydrogen (secondary N) is 1. The van der Waals surface area contributed by atoms with Gasteiger partial charge in [0.05, 0.1) is 18.7 Å². The second-order valence-electron chi connectivity index (χ2n) is 6.21. The molecule has 0 aromatic carbocycles. The van der Waals surface area contributed by atoms with E-state index in [0.29, 0.717) is 19.4 Å². The minimum Gasteiger partial charge on any atom is -0.444 e. The van der Waals surface area contributed by atoms with Crippen molar-refractivity contribution in [1.29, 1.82) is 0 Å². The van der Waals surface area contributed by atoms with E-state index in [9.17, 15) is 14.7 Å². The maximum Gasteiger partial charge on any atom is 0.407 e. The zero-order chi connectivity index (χ0) is 15.3. The van der Waals surface area contributed by atoms with Crippen LogP contribution in [-0.4, -0.2) is 52.8 Å². The number of aliphatic hydroxyl groups is 1. The summed E-state index contributed by atoms with van der Waals surface area (Å²) < 4.78 is 5.20. The fraction of sp³-hybridized carbons (Fsp3) is 0.857. The van der Waals surface area contributed by atoms with Crippen LogP contribution in [0.2, 0.25) is 0 Å². The quantitative estimate of drug-likeness (QED) is 0.816. The molecule has 1 aliphatic heterocycles. The summed E-state index contributed by atoms with van der Waals surface area (Å²) >= 11 is 0. The molecule has 2 amide bonds. The minimum absolute atomic E-state index is 0.0278. The van der Waals surface area contributed by atoms with Crippen LogP contribution in [0.1, 0.15) is 47.0 Å². The van der Waals surface area contributed by atoms with Gasteiger partial charge in [0.15, 0.2) is 0 Å². The predicted octanol–water partition coefficient (Wildman–Crippen LogP) is 1.27. The van der Waals surface area contributed by atoms with Gasteiger partial charge in [0.2, 0.25) is 5.91 Å². The van der Waals surface area contributed by atoms with Crippen molar-refractivity contribution in [2.45, 2.75) is 64.6 Å². The van der Waals surface area contributed by atoms with Crippen LogP contribution in [0.4, 0.5) is 4.79 Å². The number of likely N-dealkylation sites (tertiary alicyclic amines) is 1. The molecule has 1 fully saturated rings. The molecule has 0 aliphatic carbocycles. The van der Waals surface area contributed by atoms with Crippen LogP contribution in [-0.2, 0) is 9.53 Å². The highest BCUT2D eigenvalue weighted by molar-refractivity contribution is 5.77. The third-order valence-electron chi connectivity index (χ3n) is 3.13. The standard InChI is InChI=1S/C14H26N2O4/c1-5-6-12(18)16-8-10(7-11(16)9-17)15-13(19)20-14(2,3)4/h10-11,17H,5-9H2,1-4H3,(H,15,19)/t10-,11+/m1/s1. The maximum absolute atomic E-state index is 11.9. The number of hydrogen-bond acceptors (Lipinski definition) is 4. The van der Waals surface area contributed by atoms with Crippen LogP contribution < -0.4 is 5.32 Å². The van der Waals surface area contributed by atoms with Gasteiger partial charge in [-0.05, 0) is 33.6 Å². The number of ether oxygens (including phenoxy) is 1. The lowest BCUT2D eigenvalue weighted by Gasteiger charge is -2.23. The summed E-state index contributed by atoms with van der Waals surface area (Å²) in [5.74, 6) is 0.0278. The van der Waals surface area contributed by atoms with Gasteiger partial charge in [-0.3, -0.25) is 4.79 Å². The van der Waals surface area contributed by atoms with E-state index in [1.165, 1.54) is 0 Å². The minimum atomic E-state index is -0.545. The first-order valence-electron chi connectivity index (χ1n) is 7.16. The van der Waals surface area contributed by atoms with E-state index >= 15 is 0 Å². The third-order valence-corrected chi connectivity index (χ3v) is 3.13. The smallest absolute Gasteiger partial charge is 0.407 e. The predicted molar refractivity (Wildman–Crippen MR) is 75.3 cm³/mol. The Labute approximate surface area is 120 Å². The lowest BCUT2D eigenvalue weighted by atomic mass is 10.2. The Kier molecular flexibility index (Phi) is 5.80. The second kappa shape index (κ2) is 6.92. The van der Waals surface area contributed by atoms with Crippen LogP contribution in [0.15, 0.2) is 0 Å². The number of aliphatic hydroxyl groups excluding tert-OH is 1. The van der Waals surface area contributed by atoms with E-state index in [2.05, 4.69) is 5.32 Å². The highest BCUT2D eigenvalue weighted by atomic mass is 16.6. The topological polar surface area (TPSA) is 78.9 Å². The molecule has 0 spiro atoms. The van der Waals surface area contributed by atoms with Crippen molar-refractivity contribution in [1.82, 2.24) is 10.2 Å². The van der Waals surface area contributed by atoms with Gasteiger partial charge >= 0.3 is 6.09 Å². The van der Waals surface area contributed by atoms with Crippen LogP contribution >= 0.6 is 0 Å². The number of hydrogen-bond donors (Lipinski definition) is 2. The molecule has 20 heavy (non-hydrogen) atoms. The highest BCUT2D eigenvalue weighted by Crippen LogP contribution is 2.19. The normalized spacial score (nSPS) is 22.8. The van der Waals surface area contributed by atoms with Gasteiger partial charge in [-0.1, -0.05) is 6.92 Å². The van der Waals surface area contributed by atoms with Gasteiger partial charge in [0.25, 0.3) is 0 Å². The van der Waals surface area contributed by atoms with Crippen LogP contribution in [0.5, 0.6) is 0 Å². The third kappa shape index (κ3) is 5.00. The van der Waals surface area contributed by atoms with Crippen LogP contribution in [0.3, 0.4) is 0 Å². The van der Waals surface area contributed by atoms with Gasteiger partial charge in [-0.2, -0.15) is 0 Å². The Morgan fingerprint density at radius 2 is 2.05 bits per heavy atom. The molecular formula is C14H26N2O4. The molecule has 2 N–H and O–H groups in total. The molecule has 6 nitrogen and oxygen atoms in total. The van der Waals surface area contributed by atoms with Crippen molar-refractivity contribution in [2.24, 2.45) is 0 Å². The summed E-state index contributed by atoms with van der Waals surface area (Å²) in [4.78, 5) is 25.3. The van der Waals surface area contributed by atoms with Gasteiger partial charge in [0, 0.05) is 13.0 Å². The van der Waals surface area contributed by atoms with E-state index in [1.807, 2.05) is 6.92 Å². The molecule has 0 bridgehead atoms. The molecule has 1 rings (SSSR count). The molecular weight excluding hydrogens is 260 g/mol. The zero-order valence-electron chi connectivity index (χ0n) is 12.8. The average Bonchev–Trinajstić information content (AvgIpc) is 2.69. The van der Waals surface area contributed by atoms with Crippen LogP contribution in [0, 0.1) is 0 Å². The summed E-state index contributed by atoms with van der Waals surface area (Å²) in [6, 6.07) is -0.378. The number of amides is 2. The molecule has 0 saturated carbocycles. The lowest BCUT2D eigenvalue weighted by molar-refractivity contribution is -0.132. The van der Waals surface area contributed by atoms with Crippen molar-refractivity contribution in [3.63, 3.8) is 0 Å². The summed E-state index contributed by atoms with van der Waals surface area (Å²) in [5, 5.41) is 12.1. The van der Waals surface area contributed by atoms with E-state index in [-0.39, 0.29) is 24.6 Å². The number of rotatable bonds is 4. The van der Waals surface area contributed by atoms with E-state index < -0.39 is 11.7 Å². The average molecular weight is 286 g/mol.